The van der Waals surface area contributed by atoms with E-state index in [1.165, 1.54) is 0 Å². The molecule has 0 aliphatic carbocycles. The van der Waals surface area contributed by atoms with Crippen LogP contribution in [-0.4, -0.2) is 13.2 Å². The van der Waals surface area contributed by atoms with Gasteiger partial charge in [0.05, 0.1) is 0 Å². The normalized spacial score (nSPS) is 12.9. The van der Waals surface area contributed by atoms with Gasteiger partial charge in [0.15, 0.2) is 11.5 Å². The lowest BCUT2D eigenvalue weighted by Crippen LogP contribution is -2.15. The van der Waals surface area contributed by atoms with Gasteiger partial charge >= 0.3 is 0 Å². The second kappa shape index (κ2) is 5.14. The van der Waals surface area contributed by atoms with Gasteiger partial charge in [-0.15, -0.1) is 11.8 Å². The van der Waals surface area contributed by atoms with Crippen molar-refractivity contribution in [2.75, 3.05) is 13.2 Å². The lowest BCUT2D eigenvalue weighted by Gasteiger charge is -2.19. The number of benzene rings is 1. The van der Waals surface area contributed by atoms with E-state index < -0.39 is 0 Å². The van der Waals surface area contributed by atoms with Crippen LogP contribution in [0.1, 0.15) is 18.9 Å². The molecule has 0 amide bonds. The highest BCUT2D eigenvalue weighted by Crippen LogP contribution is 2.35. The lowest BCUT2D eigenvalue weighted by molar-refractivity contribution is 0.171. The van der Waals surface area contributed by atoms with E-state index in [0.29, 0.717) is 13.2 Å². The van der Waals surface area contributed by atoms with Crippen molar-refractivity contribution in [3.05, 3.63) is 22.7 Å². The Bertz CT molecular complexity index is 443. The van der Waals surface area contributed by atoms with E-state index in [1.54, 1.807) is 0 Å². The number of halogens is 1. The average Bonchev–Trinajstić information content (AvgIpc) is 2.30. The largest absolute Gasteiger partial charge is 0.486 e. The third-order valence-corrected chi connectivity index (χ3v) is 2.76. The summed E-state index contributed by atoms with van der Waals surface area (Å²) in [5.41, 5.74) is 1.06. The molecule has 0 saturated carbocycles. The summed E-state index contributed by atoms with van der Waals surface area (Å²) in [6.45, 7) is 3.03. The van der Waals surface area contributed by atoms with E-state index >= 15 is 0 Å². The Morgan fingerprint density at radius 2 is 1.94 bits per heavy atom. The summed E-state index contributed by atoms with van der Waals surface area (Å²) >= 11 is 6.16. The summed E-state index contributed by atoms with van der Waals surface area (Å²) in [5.74, 6) is 7.42. The molecule has 84 valence electrons. The monoisotopic (exact) mass is 236 g/mol. The number of fused-ring (bicyclic) bond motifs is 1. The maximum atomic E-state index is 6.16. The Morgan fingerprint density at radius 3 is 2.62 bits per heavy atom. The van der Waals surface area contributed by atoms with Gasteiger partial charge in [-0.05, 0) is 25.0 Å². The van der Waals surface area contributed by atoms with Crippen LogP contribution in [0.4, 0.5) is 0 Å². The third-order valence-electron chi connectivity index (χ3n) is 2.41. The summed E-state index contributed by atoms with van der Waals surface area (Å²) < 4.78 is 11.0. The van der Waals surface area contributed by atoms with Crippen LogP contribution in [-0.2, 0) is 6.42 Å². The molecule has 3 heteroatoms. The second-order valence-electron chi connectivity index (χ2n) is 3.51. The first-order valence-electron chi connectivity index (χ1n) is 5.29. The van der Waals surface area contributed by atoms with Gasteiger partial charge in [0.25, 0.3) is 0 Å². The van der Waals surface area contributed by atoms with Gasteiger partial charge in [-0.3, -0.25) is 0 Å². The summed E-state index contributed by atoms with van der Waals surface area (Å²) in [4.78, 5) is 0. The van der Waals surface area contributed by atoms with E-state index in [-0.39, 0.29) is 0 Å². The number of rotatable bonds is 2. The van der Waals surface area contributed by atoms with Gasteiger partial charge in [-0.25, -0.2) is 0 Å². The lowest BCUT2D eigenvalue weighted by atomic mass is 10.1. The molecule has 0 saturated heterocycles. The predicted octanol–water partition coefficient (Wildman–Crippen LogP) is 3.07. The Hall–Kier alpha value is -1.33. The van der Waals surface area contributed by atoms with Crippen LogP contribution in [0, 0.1) is 11.8 Å². The maximum Gasteiger partial charge on any atom is 0.162 e. The molecule has 0 N–H and O–H groups in total. The van der Waals surface area contributed by atoms with Crippen LogP contribution in [0.15, 0.2) is 12.1 Å². The average molecular weight is 237 g/mol. The van der Waals surface area contributed by atoms with E-state index in [0.717, 1.165) is 34.9 Å². The van der Waals surface area contributed by atoms with Crippen molar-refractivity contribution in [1.82, 2.24) is 0 Å². The Labute approximate surface area is 101 Å². The number of aryl methyl sites for hydroxylation is 1. The second-order valence-corrected chi connectivity index (χ2v) is 3.92. The predicted molar refractivity (Wildman–Crippen MR) is 64.2 cm³/mol. The zero-order valence-corrected chi connectivity index (χ0v) is 9.93. The first-order chi connectivity index (χ1) is 7.81. The van der Waals surface area contributed by atoms with Crippen molar-refractivity contribution in [1.29, 1.82) is 0 Å². The summed E-state index contributed by atoms with van der Waals surface area (Å²) in [6.07, 6.45) is 1.66. The van der Waals surface area contributed by atoms with Crippen molar-refractivity contribution in [2.45, 2.75) is 19.8 Å². The van der Waals surface area contributed by atoms with Gasteiger partial charge in [0.2, 0.25) is 0 Å². The maximum absolute atomic E-state index is 6.16. The molecule has 2 rings (SSSR count). The van der Waals surface area contributed by atoms with E-state index in [2.05, 4.69) is 11.8 Å². The molecule has 1 heterocycles. The first kappa shape index (κ1) is 11.2. The molecule has 0 radical (unpaired) electrons. The highest BCUT2D eigenvalue weighted by atomic mass is 35.5. The van der Waals surface area contributed by atoms with E-state index in [4.69, 9.17) is 21.1 Å². The SMILES string of the molecule is CC#CCCc1cc2c(cc1Cl)OCCO2. The molecule has 1 aliphatic heterocycles. The van der Waals surface area contributed by atoms with Crippen molar-refractivity contribution in [2.24, 2.45) is 0 Å². The molecule has 0 fully saturated rings. The van der Waals surface area contributed by atoms with Crippen LogP contribution < -0.4 is 9.47 Å². The van der Waals surface area contributed by atoms with Crippen LogP contribution in [0.25, 0.3) is 0 Å². The highest BCUT2D eigenvalue weighted by molar-refractivity contribution is 6.31. The van der Waals surface area contributed by atoms with Gasteiger partial charge in [0.1, 0.15) is 13.2 Å². The first-order valence-corrected chi connectivity index (χ1v) is 5.66. The van der Waals surface area contributed by atoms with Crippen LogP contribution in [0.2, 0.25) is 5.02 Å². The zero-order chi connectivity index (χ0) is 11.4. The number of ether oxygens (including phenoxy) is 2. The van der Waals surface area contributed by atoms with Gasteiger partial charge in [0, 0.05) is 17.5 Å². The topological polar surface area (TPSA) is 18.5 Å². The molecule has 1 aromatic rings. The van der Waals surface area contributed by atoms with Crippen LogP contribution in [0.5, 0.6) is 11.5 Å². The fourth-order valence-electron chi connectivity index (χ4n) is 1.62. The molecule has 0 unspecified atom stereocenters. The molecule has 0 bridgehead atoms. The van der Waals surface area contributed by atoms with Crippen molar-refractivity contribution >= 4 is 11.6 Å². The summed E-state index contributed by atoms with van der Waals surface area (Å²) in [6, 6.07) is 3.78. The molecular formula is C13H13ClO2. The molecule has 0 atom stereocenters. The fraction of sp³-hybridized carbons (Fsp3) is 0.385. The van der Waals surface area contributed by atoms with E-state index in [9.17, 15) is 0 Å². The van der Waals surface area contributed by atoms with Crippen LogP contribution in [0.3, 0.4) is 0 Å². The molecular weight excluding hydrogens is 224 g/mol. The molecule has 16 heavy (non-hydrogen) atoms. The standard InChI is InChI=1S/C13H13ClO2/c1-2-3-4-5-10-8-12-13(9-11(10)14)16-7-6-15-12/h8-9H,4-7H2,1H3. The van der Waals surface area contributed by atoms with Crippen molar-refractivity contribution in [3.63, 3.8) is 0 Å². The summed E-state index contributed by atoms with van der Waals surface area (Å²) in [5, 5.41) is 0.724. The molecule has 1 aromatic carbocycles. The summed E-state index contributed by atoms with van der Waals surface area (Å²) in [7, 11) is 0. The number of hydrogen-bond acceptors (Lipinski definition) is 2. The van der Waals surface area contributed by atoms with Gasteiger partial charge in [-0.1, -0.05) is 11.6 Å². The van der Waals surface area contributed by atoms with Gasteiger partial charge in [-0.2, -0.15) is 0 Å². The molecule has 2 nitrogen and oxygen atoms in total. The Morgan fingerprint density at radius 1 is 1.25 bits per heavy atom. The third kappa shape index (κ3) is 2.43. The quantitative estimate of drug-likeness (QED) is 0.735. The molecule has 1 aliphatic rings. The smallest absolute Gasteiger partial charge is 0.162 e. The van der Waals surface area contributed by atoms with Crippen molar-refractivity contribution < 1.29 is 9.47 Å². The molecule has 0 spiro atoms. The van der Waals surface area contributed by atoms with E-state index in [1.807, 2.05) is 19.1 Å². The Kier molecular flexibility index (Phi) is 3.58. The minimum atomic E-state index is 0.587. The zero-order valence-electron chi connectivity index (χ0n) is 9.18. The van der Waals surface area contributed by atoms with Crippen LogP contribution >= 0.6 is 11.6 Å². The molecule has 0 aromatic heterocycles. The number of hydrogen-bond donors (Lipinski definition) is 0. The minimum Gasteiger partial charge on any atom is -0.486 e. The highest BCUT2D eigenvalue weighted by Gasteiger charge is 2.14. The Balaban J connectivity index is 2.20. The minimum absolute atomic E-state index is 0.587. The fourth-order valence-corrected chi connectivity index (χ4v) is 1.87. The van der Waals surface area contributed by atoms with Gasteiger partial charge < -0.3 is 9.47 Å². The van der Waals surface area contributed by atoms with Crippen molar-refractivity contribution in [3.8, 4) is 23.3 Å².